The number of carbonyl (C=O) groups excluding carboxylic acids is 2. The van der Waals surface area contributed by atoms with Gasteiger partial charge in [-0.15, -0.1) is 11.8 Å². The predicted molar refractivity (Wildman–Crippen MR) is 119 cm³/mol. The Morgan fingerprint density at radius 1 is 1.03 bits per heavy atom. The van der Waals surface area contributed by atoms with Gasteiger partial charge in [-0.3, -0.25) is 9.59 Å². The van der Waals surface area contributed by atoms with Gasteiger partial charge >= 0.3 is 0 Å². The zero-order valence-electron chi connectivity index (χ0n) is 16.2. The first kappa shape index (κ1) is 20.1. The summed E-state index contributed by atoms with van der Waals surface area (Å²) in [6.07, 6.45) is 1.15. The van der Waals surface area contributed by atoms with Crippen molar-refractivity contribution in [3.05, 3.63) is 53.6 Å². The van der Waals surface area contributed by atoms with E-state index in [9.17, 15) is 9.59 Å². The van der Waals surface area contributed by atoms with Crippen molar-refractivity contribution in [2.45, 2.75) is 17.7 Å². The third-order valence-corrected chi connectivity index (χ3v) is 6.67. The number of hydrogen-bond acceptors (Lipinski definition) is 4. The van der Waals surface area contributed by atoms with Crippen molar-refractivity contribution in [2.75, 3.05) is 48.3 Å². The fraction of sp³-hybridized carbons (Fsp3) is 0.364. The number of piperazine rings is 1. The Labute approximate surface area is 180 Å². The number of rotatable bonds is 5. The minimum absolute atomic E-state index is 0.122. The molecule has 2 aliphatic rings. The van der Waals surface area contributed by atoms with E-state index in [0.29, 0.717) is 38.2 Å². The summed E-state index contributed by atoms with van der Waals surface area (Å²) in [6.45, 7) is 3.63. The summed E-state index contributed by atoms with van der Waals surface area (Å²) in [5.74, 6) is 0.760. The molecule has 0 aliphatic carbocycles. The summed E-state index contributed by atoms with van der Waals surface area (Å²) in [5.41, 5.74) is 2.07. The zero-order chi connectivity index (χ0) is 20.2. The number of para-hydroxylation sites is 1. The molecule has 1 fully saturated rings. The number of nitrogens with zero attached hydrogens (tertiary/aromatic N) is 3. The number of carbonyl (C=O) groups is 2. The number of hydrogen-bond donors (Lipinski definition) is 0. The Bertz CT molecular complexity index is 899. The van der Waals surface area contributed by atoms with Crippen LogP contribution >= 0.6 is 23.4 Å². The molecule has 2 aromatic rings. The lowest BCUT2D eigenvalue weighted by Crippen LogP contribution is -2.49. The highest BCUT2D eigenvalue weighted by molar-refractivity contribution is 8.00. The van der Waals surface area contributed by atoms with Crippen molar-refractivity contribution >= 4 is 46.6 Å². The number of benzene rings is 2. The van der Waals surface area contributed by atoms with Gasteiger partial charge in [-0.1, -0.05) is 29.8 Å². The zero-order valence-corrected chi connectivity index (χ0v) is 17.8. The van der Waals surface area contributed by atoms with Gasteiger partial charge in [0, 0.05) is 54.8 Å². The molecular formula is C22H24ClN3O2S. The van der Waals surface area contributed by atoms with Crippen LogP contribution in [0.25, 0.3) is 0 Å². The Morgan fingerprint density at radius 2 is 1.83 bits per heavy atom. The molecule has 1 saturated heterocycles. The molecule has 152 valence electrons. The van der Waals surface area contributed by atoms with Crippen molar-refractivity contribution in [2.24, 2.45) is 0 Å². The van der Waals surface area contributed by atoms with Gasteiger partial charge in [0.15, 0.2) is 0 Å². The molecule has 2 amide bonds. The second-order valence-electron chi connectivity index (χ2n) is 7.25. The monoisotopic (exact) mass is 429 g/mol. The van der Waals surface area contributed by atoms with Crippen molar-refractivity contribution in [1.82, 2.24) is 4.90 Å². The maximum absolute atomic E-state index is 12.6. The van der Waals surface area contributed by atoms with E-state index >= 15 is 0 Å². The number of halogens is 1. The average molecular weight is 430 g/mol. The summed E-state index contributed by atoms with van der Waals surface area (Å²) in [7, 11) is 0. The van der Waals surface area contributed by atoms with Crippen LogP contribution in [-0.4, -0.2) is 55.2 Å². The van der Waals surface area contributed by atoms with Gasteiger partial charge in [-0.05, 0) is 36.8 Å². The molecule has 7 heteroatoms. The smallest absolute Gasteiger partial charge is 0.237 e. The van der Waals surface area contributed by atoms with Crippen molar-refractivity contribution < 1.29 is 9.59 Å². The van der Waals surface area contributed by atoms with E-state index in [1.807, 2.05) is 52.3 Å². The quantitative estimate of drug-likeness (QED) is 0.722. The van der Waals surface area contributed by atoms with E-state index in [4.69, 9.17) is 11.6 Å². The summed E-state index contributed by atoms with van der Waals surface area (Å²) < 4.78 is 0. The van der Waals surface area contributed by atoms with Gasteiger partial charge in [0.1, 0.15) is 0 Å². The predicted octanol–water partition coefficient (Wildman–Crippen LogP) is 3.91. The molecule has 0 saturated carbocycles. The Kier molecular flexibility index (Phi) is 6.31. The first-order valence-corrected chi connectivity index (χ1v) is 11.3. The van der Waals surface area contributed by atoms with E-state index in [2.05, 4.69) is 11.0 Å². The number of thioether (sulfide) groups is 1. The maximum atomic E-state index is 12.6. The highest BCUT2D eigenvalue weighted by Crippen LogP contribution is 2.35. The highest BCUT2D eigenvalue weighted by atomic mass is 35.5. The number of amides is 2. The molecule has 2 aromatic carbocycles. The standard InChI is InChI=1S/C22H24ClN3O2S/c23-17-5-3-6-18(15-17)24-11-13-25(14-12-24)21(27)9-4-10-26-19-7-1-2-8-20(19)29-16-22(26)28/h1-3,5-8,15H,4,9-14,16H2. The van der Waals surface area contributed by atoms with Crippen molar-refractivity contribution in [3.8, 4) is 0 Å². The molecular weight excluding hydrogens is 406 g/mol. The molecule has 0 bridgehead atoms. The van der Waals surface area contributed by atoms with Gasteiger partial charge in [0.05, 0.1) is 11.4 Å². The first-order chi connectivity index (χ1) is 14.1. The van der Waals surface area contributed by atoms with Crippen LogP contribution in [0.1, 0.15) is 12.8 Å². The third-order valence-electron chi connectivity index (χ3n) is 5.39. The average Bonchev–Trinajstić information content (AvgIpc) is 2.75. The Morgan fingerprint density at radius 3 is 2.62 bits per heavy atom. The first-order valence-electron chi connectivity index (χ1n) is 9.92. The van der Waals surface area contributed by atoms with Crippen LogP contribution in [0.4, 0.5) is 11.4 Å². The van der Waals surface area contributed by atoms with Gasteiger partial charge in [-0.2, -0.15) is 0 Å². The maximum Gasteiger partial charge on any atom is 0.237 e. The van der Waals surface area contributed by atoms with Crippen molar-refractivity contribution in [3.63, 3.8) is 0 Å². The molecule has 0 atom stereocenters. The summed E-state index contributed by atoms with van der Waals surface area (Å²) in [6, 6.07) is 15.8. The fourth-order valence-electron chi connectivity index (χ4n) is 3.83. The molecule has 29 heavy (non-hydrogen) atoms. The number of anilines is 2. The Hall–Kier alpha value is -2.18. The topological polar surface area (TPSA) is 43.9 Å². The summed E-state index contributed by atoms with van der Waals surface area (Å²) in [4.78, 5) is 32.1. The SMILES string of the molecule is O=C(CCCN1C(=O)CSc2ccccc21)N1CCN(c2cccc(Cl)c2)CC1. The van der Waals surface area contributed by atoms with Crippen LogP contribution in [0, 0.1) is 0 Å². The molecule has 4 rings (SSSR count). The largest absolute Gasteiger partial charge is 0.368 e. The van der Waals surface area contributed by atoms with Crippen LogP contribution in [0.3, 0.4) is 0 Å². The second-order valence-corrected chi connectivity index (χ2v) is 8.71. The van der Waals surface area contributed by atoms with E-state index in [-0.39, 0.29) is 11.8 Å². The van der Waals surface area contributed by atoms with Crippen LogP contribution in [0.5, 0.6) is 0 Å². The van der Waals surface area contributed by atoms with Gasteiger partial charge < -0.3 is 14.7 Å². The lowest BCUT2D eigenvalue weighted by molar-refractivity contribution is -0.131. The summed E-state index contributed by atoms with van der Waals surface area (Å²) in [5, 5.41) is 0.730. The van der Waals surface area contributed by atoms with Crippen LogP contribution in [0.15, 0.2) is 53.4 Å². The minimum Gasteiger partial charge on any atom is -0.368 e. The highest BCUT2D eigenvalue weighted by Gasteiger charge is 2.25. The molecule has 0 N–H and O–H groups in total. The second kappa shape index (κ2) is 9.09. The molecule has 0 spiro atoms. The Balaban J connectivity index is 1.26. The van der Waals surface area contributed by atoms with Gasteiger partial charge in [0.2, 0.25) is 11.8 Å². The third kappa shape index (κ3) is 4.70. The van der Waals surface area contributed by atoms with E-state index < -0.39 is 0 Å². The molecule has 5 nitrogen and oxygen atoms in total. The van der Waals surface area contributed by atoms with E-state index in [1.54, 1.807) is 11.8 Å². The lowest BCUT2D eigenvalue weighted by atomic mass is 10.2. The minimum atomic E-state index is 0.122. The van der Waals surface area contributed by atoms with Gasteiger partial charge in [-0.25, -0.2) is 0 Å². The van der Waals surface area contributed by atoms with Gasteiger partial charge in [0.25, 0.3) is 0 Å². The lowest BCUT2D eigenvalue weighted by Gasteiger charge is -2.36. The van der Waals surface area contributed by atoms with E-state index in [1.165, 1.54) is 0 Å². The molecule has 2 heterocycles. The molecule has 0 radical (unpaired) electrons. The molecule has 0 aromatic heterocycles. The fourth-order valence-corrected chi connectivity index (χ4v) is 4.95. The number of fused-ring (bicyclic) bond motifs is 1. The molecule has 2 aliphatic heterocycles. The molecule has 0 unspecified atom stereocenters. The normalized spacial score (nSPS) is 16.7. The van der Waals surface area contributed by atoms with Crippen LogP contribution < -0.4 is 9.80 Å². The van der Waals surface area contributed by atoms with Crippen LogP contribution in [0.2, 0.25) is 5.02 Å². The van der Waals surface area contributed by atoms with E-state index in [0.717, 1.165) is 34.4 Å². The van der Waals surface area contributed by atoms with Crippen molar-refractivity contribution in [1.29, 1.82) is 0 Å². The summed E-state index contributed by atoms with van der Waals surface area (Å²) >= 11 is 7.67. The van der Waals surface area contributed by atoms with Crippen LogP contribution in [-0.2, 0) is 9.59 Å².